The molecule has 108 valence electrons. The first-order valence-electron chi connectivity index (χ1n) is 5.97. The molecule has 0 aliphatic carbocycles. The van der Waals surface area contributed by atoms with E-state index in [0.717, 1.165) is 0 Å². The summed E-state index contributed by atoms with van der Waals surface area (Å²) in [7, 11) is 0. The number of ketones is 1. The number of carboxylic acid groups (broad SMARTS) is 1. The molecule has 1 aromatic carbocycles. The van der Waals surface area contributed by atoms with Crippen molar-refractivity contribution in [2.24, 2.45) is 0 Å². The number of carboxylic acids is 1. The minimum atomic E-state index is -1.08. The number of benzene rings is 1. The third-order valence-electron chi connectivity index (χ3n) is 3.17. The number of halogens is 2. The van der Waals surface area contributed by atoms with Gasteiger partial charge in [-0.05, 0) is 17.5 Å². The van der Waals surface area contributed by atoms with E-state index in [-0.39, 0.29) is 33.6 Å². The van der Waals surface area contributed by atoms with E-state index in [1.54, 1.807) is 23.6 Å². The summed E-state index contributed by atoms with van der Waals surface area (Å²) < 4.78 is 5.28. The maximum Gasteiger partial charge on any atom is 0.345 e. The molecule has 3 rings (SSSR count). The Hall–Kier alpha value is -1.56. The number of aliphatic carboxylic acids is 1. The van der Waals surface area contributed by atoms with Gasteiger partial charge in [0.05, 0.1) is 9.90 Å². The normalized spacial score (nSPS) is 16.4. The van der Waals surface area contributed by atoms with Gasteiger partial charge in [-0.15, -0.1) is 11.3 Å². The highest BCUT2D eigenvalue weighted by Gasteiger charge is 2.33. The van der Waals surface area contributed by atoms with Gasteiger partial charge >= 0.3 is 5.97 Å². The zero-order valence-corrected chi connectivity index (χ0v) is 12.8. The lowest BCUT2D eigenvalue weighted by atomic mass is 10.0. The number of carbonyl (C=O) groups excluding carboxylic acids is 1. The monoisotopic (exact) mass is 342 g/mol. The van der Waals surface area contributed by atoms with E-state index in [2.05, 4.69) is 0 Å². The highest BCUT2D eigenvalue weighted by atomic mass is 35.5. The van der Waals surface area contributed by atoms with Crippen LogP contribution in [-0.4, -0.2) is 23.0 Å². The molecule has 0 bridgehead atoms. The van der Waals surface area contributed by atoms with E-state index in [1.807, 2.05) is 0 Å². The summed E-state index contributed by atoms with van der Waals surface area (Å²) in [6, 6.07) is 5.03. The SMILES string of the molecule is O=C(c1cccs1)c1cc2c(c(Cl)c1Cl)O[C@H](C(=O)O)C2. The van der Waals surface area contributed by atoms with Crippen LogP contribution in [0.2, 0.25) is 10.0 Å². The Bertz CT molecular complexity index is 740. The molecule has 0 spiro atoms. The molecular weight excluding hydrogens is 335 g/mol. The fraction of sp³-hybridized carbons (Fsp3) is 0.143. The minimum Gasteiger partial charge on any atom is -0.478 e. The van der Waals surface area contributed by atoms with Gasteiger partial charge in [-0.2, -0.15) is 0 Å². The molecule has 21 heavy (non-hydrogen) atoms. The number of hydrogen-bond acceptors (Lipinski definition) is 4. The van der Waals surface area contributed by atoms with Gasteiger partial charge in [-0.1, -0.05) is 29.3 Å². The largest absolute Gasteiger partial charge is 0.478 e. The van der Waals surface area contributed by atoms with Gasteiger partial charge in [0.15, 0.2) is 6.10 Å². The third-order valence-corrected chi connectivity index (χ3v) is 4.89. The second-order valence-electron chi connectivity index (χ2n) is 4.50. The number of thiophene rings is 1. The van der Waals surface area contributed by atoms with E-state index in [4.69, 9.17) is 33.0 Å². The molecule has 1 aliphatic heterocycles. The highest BCUT2D eigenvalue weighted by Crippen LogP contribution is 2.43. The quantitative estimate of drug-likeness (QED) is 0.864. The summed E-state index contributed by atoms with van der Waals surface area (Å²) in [4.78, 5) is 24.0. The Labute approximate surface area is 133 Å². The number of ether oxygens (including phenoxy) is 1. The van der Waals surface area contributed by atoms with Crippen LogP contribution in [0.1, 0.15) is 20.8 Å². The molecular formula is C14H8Cl2O4S. The van der Waals surface area contributed by atoms with Crippen molar-refractivity contribution in [3.05, 3.63) is 49.6 Å². The lowest BCUT2D eigenvalue weighted by Crippen LogP contribution is -2.24. The lowest BCUT2D eigenvalue weighted by molar-refractivity contribution is -0.144. The van der Waals surface area contributed by atoms with Crippen LogP contribution >= 0.6 is 34.5 Å². The smallest absolute Gasteiger partial charge is 0.345 e. The second-order valence-corrected chi connectivity index (χ2v) is 6.20. The average molecular weight is 343 g/mol. The van der Waals surface area contributed by atoms with Crippen molar-refractivity contribution in [1.82, 2.24) is 0 Å². The number of carbonyl (C=O) groups is 2. The first-order chi connectivity index (χ1) is 9.99. The van der Waals surface area contributed by atoms with Crippen LogP contribution in [0.15, 0.2) is 23.6 Å². The third kappa shape index (κ3) is 2.41. The van der Waals surface area contributed by atoms with Gasteiger partial charge in [0.1, 0.15) is 10.8 Å². The predicted octanol–water partition coefficient (Wildman–Crippen LogP) is 3.67. The predicted molar refractivity (Wildman–Crippen MR) is 80.0 cm³/mol. The lowest BCUT2D eigenvalue weighted by Gasteiger charge is -2.09. The Morgan fingerprint density at radius 1 is 1.33 bits per heavy atom. The topological polar surface area (TPSA) is 63.6 Å². The fourth-order valence-corrected chi connectivity index (χ4v) is 3.34. The van der Waals surface area contributed by atoms with Crippen molar-refractivity contribution in [1.29, 1.82) is 0 Å². The van der Waals surface area contributed by atoms with Crippen LogP contribution in [0, 0.1) is 0 Å². The van der Waals surface area contributed by atoms with Gasteiger partial charge in [-0.3, -0.25) is 4.79 Å². The van der Waals surface area contributed by atoms with Crippen LogP contribution in [0.5, 0.6) is 5.75 Å². The van der Waals surface area contributed by atoms with Crippen molar-refractivity contribution in [3.8, 4) is 5.75 Å². The van der Waals surface area contributed by atoms with E-state index >= 15 is 0 Å². The Morgan fingerprint density at radius 2 is 2.10 bits per heavy atom. The molecule has 4 nitrogen and oxygen atoms in total. The molecule has 0 saturated heterocycles. The molecule has 1 atom stereocenters. The van der Waals surface area contributed by atoms with Crippen molar-refractivity contribution in [2.75, 3.05) is 0 Å². The summed E-state index contributed by atoms with van der Waals surface area (Å²) in [5, 5.41) is 11.0. The number of hydrogen-bond donors (Lipinski definition) is 1. The molecule has 0 unspecified atom stereocenters. The van der Waals surface area contributed by atoms with E-state index < -0.39 is 12.1 Å². The molecule has 0 amide bonds. The van der Waals surface area contributed by atoms with Crippen LogP contribution in [0.25, 0.3) is 0 Å². The first-order valence-corrected chi connectivity index (χ1v) is 7.61. The van der Waals surface area contributed by atoms with Crippen molar-refractivity contribution < 1.29 is 19.4 Å². The molecule has 1 aliphatic rings. The summed E-state index contributed by atoms with van der Waals surface area (Å²) in [6.07, 6.45) is -0.840. The Morgan fingerprint density at radius 3 is 2.71 bits per heavy atom. The van der Waals surface area contributed by atoms with E-state index in [9.17, 15) is 9.59 Å². The van der Waals surface area contributed by atoms with E-state index in [1.165, 1.54) is 11.3 Å². The number of rotatable bonds is 3. The first kappa shape index (κ1) is 14.4. The zero-order chi connectivity index (χ0) is 15.1. The second kappa shape index (κ2) is 5.33. The van der Waals surface area contributed by atoms with Crippen LogP contribution in [-0.2, 0) is 11.2 Å². The maximum absolute atomic E-state index is 12.4. The minimum absolute atomic E-state index is 0.0813. The van der Waals surface area contributed by atoms with Crippen LogP contribution in [0.4, 0.5) is 0 Å². The summed E-state index contributed by atoms with van der Waals surface area (Å²) in [5.74, 6) is -1.07. The standard InChI is InChI=1S/C14H8Cl2O4S/c15-10-7(12(17)9-2-1-3-21-9)4-6-5-8(14(18)19)20-13(6)11(10)16/h1-4,8H,5H2,(H,18,19)/t8-/m0/s1. The van der Waals surface area contributed by atoms with Crippen molar-refractivity contribution in [2.45, 2.75) is 12.5 Å². The van der Waals surface area contributed by atoms with Gasteiger partial charge in [0, 0.05) is 17.5 Å². The van der Waals surface area contributed by atoms with Crippen LogP contribution in [0.3, 0.4) is 0 Å². The van der Waals surface area contributed by atoms with Gasteiger partial charge in [0.2, 0.25) is 5.78 Å². The van der Waals surface area contributed by atoms with E-state index in [0.29, 0.717) is 10.4 Å². The van der Waals surface area contributed by atoms with Gasteiger partial charge in [0.25, 0.3) is 0 Å². The molecule has 2 aromatic rings. The summed E-state index contributed by atoms with van der Waals surface area (Å²) in [6.45, 7) is 0. The van der Waals surface area contributed by atoms with Crippen molar-refractivity contribution >= 4 is 46.3 Å². The average Bonchev–Trinajstić information content (AvgIpc) is 3.10. The molecule has 0 fully saturated rings. The highest BCUT2D eigenvalue weighted by molar-refractivity contribution is 7.12. The fourth-order valence-electron chi connectivity index (χ4n) is 2.17. The van der Waals surface area contributed by atoms with Crippen molar-refractivity contribution in [3.63, 3.8) is 0 Å². The molecule has 2 heterocycles. The molecule has 7 heteroatoms. The summed E-state index contributed by atoms with van der Waals surface area (Å²) >= 11 is 13.6. The number of fused-ring (bicyclic) bond motifs is 1. The summed E-state index contributed by atoms with van der Waals surface area (Å²) in [5.41, 5.74) is 0.842. The molecule has 1 aromatic heterocycles. The maximum atomic E-state index is 12.4. The molecule has 0 radical (unpaired) electrons. The van der Waals surface area contributed by atoms with Gasteiger partial charge in [-0.25, -0.2) is 4.79 Å². The Balaban J connectivity index is 2.06. The Kier molecular flexibility index (Phi) is 3.65. The zero-order valence-electron chi connectivity index (χ0n) is 10.4. The van der Waals surface area contributed by atoms with Gasteiger partial charge < -0.3 is 9.84 Å². The molecule has 1 N–H and O–H groups in total. The molecule has 0 saturated carbocycles. The van der Waals surface area contributed by atoms with Crippen LogP contribution < -0.4 is 4.74 Å².